The van der Waals surface area contributed by atoms with Crippen molar-refractivity contribution >= 4 is 38.5 Å². The van der Waals surface area contributed by atoms with Gasteiger partial charge in [0.2, 0.25) is 3.83 Å². The van der Waals surface area contributed by atoms with Crippen LogP contribution in [0.15, 0.2) is 27.2 Å². The molecule has 15 heavy (non-hydrogen) atoms. The molecule has 2 rings (SSSR count). The highest BCUT2D eigenvalue weighted by molar-refractivity contribution is 14.1. The Balaban J connectivity index is 2.51. The molecule has 0 unspecified atom stereocenters. The van der Waals surface area contributed by atoms with E-state index in [9.17, 15) is 0 Å². The van der Waals surface area contributed by atoms with Crippen molar-refractivity contribution < 1.29 is 9.26 Å². The quantitative estimate of drug-likeness (QED) is 0.751. The summed E-state index contributed by atoms with van der Waals surface area (Å²) in [4.78, 5) is 4.14. The van der Waals surface area contributed by atoms with Crippen molar-refractivity contribution in [1.29, 1.82) is 0 Å². The highest BCUT2D eigenvalue weighted by atomic mass is 127. The van der Waals surface area contributed by atoms with Gasteiger partial charge in [0.25, 0.3) is 5.89 Å². The van der Waals surface area contributed by atoms with Gasteiger partial charge in [0.1, 0.15) is 5.75 Å². The molecule has 1 aromatic heterocycles. The van der Waals surface area contributed by atoms with Crippen LogP contribution in [0.2, 0.25) is 0 Å². The zero-order valence-corrected chi connectivity index (χ0v) is 11.4. The second kappa shape index (κ2) is 4.48. The average Bonchev–Trinajstić information content (AvgIpc) is 2.65. The van der Waals surface area contributed by atoms with Crippen molar-refractivity contribution in [2.75, 3.05) is 7.11 Å². The first kappa shape index (κ1) is 10.9. The number of aromatic nitrogens is 2. The monoisotopic (exact) mass is 380 g/mol. The molecule has 1 heterocycles. The Hall–Kier alpha value is -0.630. The highest BCUT2D eigenvalue weighted by Crippen LogP contribution is 2.30. The van der Waals surface area contributed by atoms with Gasteiger partial charge in [0.15, 0.2) is 0 Å². The van der Waals surface area contributed by atoms with E-state index in [0.717, 1.165) is 15.8 Å². The molecule has 0 saturated carbocycles. The Labute approximate surface area is 108 Å². The van der Waals surface area contributed by atoms with Gasteiger partial charge >= 0.3 is 0 Å². The van der Waals surface area contributed by atoms with Gasteiger partial charge in [0.05, 0.1) is 12.7 Å². The summed E-state index contributed by atoms with van der Waals surface area (Å²) in [6.07, 6.45) is 0. The summed E-state index contributed by atoms with van der Waals surface area (Å²) in [6.45, 7) is 0. The molecule has 0 amide bonds. The second-order valence-corrected chi connectivity index (χ2v) is 4.53. The minimum absolute atomic E-state index is 0.477. The van der Waals surface area contributed by atoms with Gasteiger partial charge in [-0.3, -0.25) is 0 Å². The van der Waals surface area contributed by atoms with Crippen LogP contribution in [0.1, 0.15) is 0 Å². The normalized spacial score (nSPS) is 10.3. The van der Waals surface area contributed by atoms with Gasteiger partial charge < -0.3 is 9.26 Å². The van der Waals surface area contributed by atoms with Crippen LogP contribution in [0.3, 0.4) is 0 Å². The molecule has 0 aliphatic rings. The average molecular weight is 381 g/mol. The summed E-state index contributed by atoms with van der Waals surface area (Å²) in [6, 6.07) is 5.58. The van der Waals surface area contributed by atoms with Gasteiger partial charge in [-0.25, -0.2) is 0 Å². The number of halogens is 2. The minimum atomic E-state index is 0.477. The molecule has 2 aromatic rings. The number of rotatable bonds is 2. The van der Waals surface area contributed by atoms with Crippen LogP contribution in [0.25, 0.3) is 11.5 Å². The van der Waals surface area contributed by atoms with E-state index in [1.165, 1.54) is 0 Å². The summed E-state index contributed by atoms with van der Waals surface area (Å²) in [7, 11) is 1.62. The molecular formula is C9H6BrIN2O2. The van der Waals surface area contributed by atoms with Crippen molar-refractivity contribution in [3.8, 4) is 17.2 Å². The molecular weight excluding hydrogens is 375 g/mol. The van der Waals surface area contributed by atoms with Crippen LogP contribution in [0.4, 0.5) is 0 Å². The summed E-state index contributed by atoms with van der Waals surface area (Å²) >= 11 is 5.41. The van der Waals surface area contributed by atoms with E-state index in [1.54, 1.807) is 7.11 Å². The number of hydrogen-bond acceptors (Lipinski definition) is 4. The molecule has 0 atom stereocenters. The van der Waals surface area contributed by atoms with Crippen molar-refractivity contribution in [2.45, 2.75) is 0 Å². The predicted octanol–water partition coefficient (Wildman–Crippen LogP) is 3.11. The Morgan fingerprint density at radius 2 is 2.27 bits per heavy atom. The molecule has 78 valence electrons. The van der Waals surface area contributed by atoms with E-state index < -0.39 is 0 Å². The SMILES string of the molecule is COc1ccc(Br)c(-c2nc(I)no2)c1. The van der Waals surface area contributed by atoms with Crippen molar-refractivity contribution in [3.05, 3.63) is 26.5 Å². The van der Waals surface area contributed by atoms with E-state index in [0.29, 0.717) is 9.72 Å². The molecule has 0 saturated heterocycles. The molecule has 6 heteroatoms. The van der Waals surface area contributed by atoms with Gasteiger partial charge in [0, 0.05) is 27.1 Å². The maximum absolute atomic E-state index is 5.13. The zero-order chi connectivity index (χ0) is 10.8. The third-order valence-electron chi connectivity index (χ3n) is 1.81. The molecule has 0 N–H and O–H groups in total. The number of ether oxygens (including phenoxy) is 1. The molecule has 0 spiro atoms. The molecule has 1 aromatic carbocycles. The van der Waals surface area contributed by atoms with Gasteiger partial charge in [-0.05, 0) is 34.1 Å². The van der Waals surface area contributed by atoms with Gasteiger partial charge in [-0.1, -0.05) is 5.16 Å². The largest absolute Gasteiger partial charge is 0.497 e. The molecule has 0 aliphatic carbocycles. The first-order valence-corrected chi connectivity index (χ1v) is 5.91. The zero-order valence-electron chi connectivity index (χ0n) is 7.70. The summed E-state index contributed by atoms with van der Waals surface area (Å²) in [5.74, 6) is 1.23. The minimum Gasteiger partial charge on any atom is -0.497 e. The number of benzene rings is 1. The fourth-order valence-corrected chi connectivity index (χ4v) is 1.84. The van der Waals surface area contributed by atoms with E-state index in [-0.39, 0.29) is 0 Å². The van der Waals surface area contributed by atoms with E-state index in [2.05, 4.69) is 26.1 Å². The Morgan fingerprint density at radius 3 is 2.87 bits per heavy atom. The van der Waals surface area contributed by atoms with Crippen molar-refractivity contribution in [2.24, 2.45) is 0 Å². The van der Waals surface area contributed by atoms with Crippen molar-refractivity contribution in [1.82, 2.24) is 10.1 Å². The number of nitrogens with zero attached hydrogens (tertiary/aromatic N) is 2. The fourth-order valence-electron chi connectivity index (χ4n) is 1.11. The second-order valence-electron chi connectivity index (χ2n) is 2.71. The number of hydrogen-bond donors (Lipinski definition) is 0. The Morgan fingerprint density at radius 1 is 1.47 bits per heavy atom. The molecule has 0 bridgehead atoms. The molecule has 4 nitrogen and oxygen atoms in total. The summed E-state index contributed by atoms with van der Waals surface area (Å²) < 4.78 is 11.7. The topological polar surface area (TPSA) is 48.2 Å². The lowest BCUT2D eigenvalue weighted by atomic mass is 10.2. The van der Waals surface area contributed by atoms with E-state index in [1.807, 2.05) is 40.8 Å². The third-order valence-corrected chi connectivity index (χ3v) is 2.93. The number of methoxy groups -OCH3 is 1. The van der Waals surface area contributed by atoms with E-state index in [4.69, 9.17) is 9.26 Å². The first-order chi connectivity index (χ1) is 7.20. The summed E-state index contributed by atoms with van der Waals surface area (Å²) in [5, 5.41) is 3.73. The van der Waals surface area contributed by atoms with E-state index >= 15 is 0 Å². The van der Waals surface area contributed by atoms with Crippen molar-refractivity contribution in [3.63, 3.8) is 0 Å². The maximum atomic E-state index is 5.13. The van der Waals surface area contributed by atoms with Gasteiger partial charge in [-0.2, -0.15) is 4.98 Å². The lowest BCUT2D eigenvalue weighted by molar-refractivity contribution is 0.412. The molecule has 0 aliphatic heterocycles. The van der Waals surface area contributed by atoms with Crippen LogP contribution in [0.5, 0.6) is 5.75 Å². The first-order valence-electron chi connectivity index (χ1n) is 4.04. The molecule has 0 fully saturated rings. The lowest BCUT2D eigenvalue weighted by Crippen LogP contribution is -1.85. The lowest BCUT2D eigenvalue weighted by Gasteiger charge is -2.02. The standard InChI is InChI=1S/C9H6BrIN2O2/c1-14-5-2-3-7(10)6(4-5)8-12-9(11)13-15-8/h2-4H,1H3. The Kier molecular flexibility index (Phi) is 3.25. The Bertz CT molecular complexity index is 487. The van der Waals surface area contributed by atoms with Crippen LogP contribution in [-0.2, 0) is 0 Å². The smallest absolute Gasteiger partial charge is 0.259 e. The van der Waals surface area contributed by atoms with Crippen LogP contribution >= 0.6 is 38.5 Å². The third kappa shape index (κ3) is 2.31. The highest BCUT2D eigenvalue weighted by Gasteiger charge is 2.11. The predicted molar refractivity (Wildman–Crippen MR) is 66.7 cm³/mol. The van der Waals surface area contributed by atoms with Gasteiger partial charge in [-0.15, -0.1) is 0 Å². The fraction of sp³-hybridized carbons (Fsp3) is 0.111. The molecule has 0 radical (unpaired) electrons. The van der Waals surface area contributed by atoms with Crippen LogP contribution in [-0.4, -0.2) is 17.3 Å². The van der Waals surface area contributed by atoms with Crippen LogP contribution in [0, 0.1) is 3.83 Å². The van der Waals surface area contributed by atoms with Crippen LogP contribution < -0.4 is 4.74 Å². The maximum Gasteiger partial charge on any atom is 0.259 e. The summed E-state index contributed by atoms with van der Waals surface area (Å²) in [5.41, 5.74) is 0.824.